The van der Waals surface area contributed by atoms with Gasteiger partial charge < -0.3 is 15.0 Å². The lowest BCUT2D eigenvalue weighted by molar-refractivity contribution is -0.384. The van der Waals surface area contributed by atoms with Gasteiger partial charge >= 0.3 is 6.09 Å². The molecular formula is C17H25N3O4. The third kappa shape index (κ3) is 5.11. The first kappa shape index (κ1) is 18.0. The van der Waals surface area contributed by atoms with Gasteiger partial charge in [0.2, 0.25) is 0 Å². The quantitative estimate of drug-likeness (QED) is 0.671. The Kier molecular flexibility index (Phi) is 5.64. The van der Waals surface area contributed by atoms with Crippen LogP contribution in [0.25, 0.3) is 0 Å². The molecule has 7 nitrogen and oxygen atoms in total. The van der Waals surface area contributed by atoms with Gasteiger partial charge in [-0.15, -0.1) is 0 Å². The minimum absolute atomic E-state index is 0.00517. The Morgan fingerprint density at radius 1 is 1.29 bits per heavy atom. The van der Waals surface area contributed by atoms with Crippen LogP contribution in [0.4, 0.5) is 16.2 Å². The number of benzene rings is 1. The molecule has 1 heterocycles. The summed E-state index contributed by atoms with van der Waals surface area (Å²) in [6, 6.07) is 4.75. The third-order valence-corrected chi connectivity index (χ3v) is 3.81. The van der Waals surface area contributed by atoms with Crippen LogP contribution in [0.2, 0.25) is 0 Å². The van der Waals surface area contributed by atoms with Crippen LogP contribution < -0.4 is 10.2 Å². The molecule has 0 saturated carbocycles. The van der Waals surface area contributed by atoms with Crippen LogP contribution >= 0.6 is 0 Å². The number of rotatable bonds is 4. The smallest absolute Gasteiger partial charge is 0.407 e. The van der Waals surface area contributed by atoms with E-state index >= 15 is 0 Å². The van der Waals surface area contributed by atoms with Crippen molar-refractivity contribution in [3.63, 3.8) is 0 Å². The highest BCUT2D eigenvalue weighted by Gasteiger charge is 2.20. The van der Waals surface area contributed by atoms with Crippen molar-refractivity contribution in [1.82, 2.24) is 5.32 Å². The molecule has 1 fully saturated rings. The Morgan fingerprint density at radius 2 is 1.96 bits per heavy atom. The first-order chi connectivity index (χ1) is 11.3. The Bertz CT molecular complexity index is 604. The van der Waals surface area contributed by atoms with Crippen molar-refractivity contribution < 1.29 is 14.5 Å². The number of ether oxygens (including phenoxy) is 1. The number of nitrogens with one attached hydrogen (secondary N) is 1. The number of carbonyl (C=O) groups excluding carboxylic acids is 1. The molecule has 0 bridgehead atoms. The normalized spacial score (nSPS) is 15.0. The standard InChI is InChI=1S/C17H25N3O4/c1-17(2,3)18-16(21)24-12-13-11-14(20(22)23)7-8-15(13)19-9-5-4-6-10-19/h7-8,11H,4-6,9-10,12H2,1-3H3,(H,18,21). The van der Waals surface area contributed by atoms with E-state index in [1.54, 1.807) is 6.07 Å². The molecule has 1 aromatic rings. The number of nitrogens with zero attached hydrogens (tertiary/aromatic N) is 2. The summed E-state index contributed by atoms with van der Waals surface area (Å²) in [4.78, 5) is 24.7. The molecule has 0 spiro atoms. The van der Waals surface area contributed by atoms with Gasteiger partial charge in [0, 0.05) is 42.0 Å². The Balaban J connectivity index is 2.16. The Labute approximate surface area is 142 Å². The van der Waals surface area contributed by atoms with Crippen LogP contribution in [0, 0.1) is 10.1 Å². The number of amides is 1. The van der Waals surface area contributed by atoms with Gasteiger partial charge in [-0.05, 0) is 46.1 Å². The maximum absolute atomic E-state index is 11.9. The second-order valence-corrected chi connectivity index (χ2v) is 7.07. The molecule has 1 aliphatic rings. The lowest BCUT2D eigenvalue weighted by Gasteiger charge is -2.30. The molecular weight excluding hydrogens is 310 g/mol. The van der Waals surface area contributed by atoms with E-state index in [1.807, 2.05) is 20.8 Å². The van der Waals surface area contributed by atoms with E-state index in [1.165, 1.54) is 18.6 Å². The molecule has 0 unspecified atom stereocenters. The second kappa shape index (κ2) is 7.51. The summed E-state index contributed by atoms with van der Waals surface area (Å²) in [7, 11) is 0. The molecule has 24 heavy (non-hydrogen) atoms. The number of non-ortho nitro benzene ring substituents is 1. The van der Waals surface area contributed by atoms with Crippen LogP contribution in [0.5, 0.6) is 0 Å². The van der Waals surface area contributed by atoms with E-state index in [-0.39, 0.29) is 12.3 Å². The predicted octanol–water partition coefficient (Wildman–Crippen LogP) is 3.61. The Morgan fingerprint density at radius 3 is 2.54 bits per heavy atom. The number of nitro benzene ring substituents is 1. The molecule has 0 aliphatic carbocycles. The summed E-state index contributed by atoms with van der Waals surface area (Å²) >= 11 is 0. The highest BCUT2D eigenvalue weighted by Crippen LogP contribution is 2.28. The molecule has 0 atom stereocenters. The summed E-state index contributed by atoms with van der Waals surface area (Å²) in [5.41, 5.74) is 1.18. The number of piperidine rings is 1. The molecule has 7 heteroatoms. The van der Waals surface area contributed by atoms with Crippen LogP contribution in [-0.4, -0.2) is 29.6 Å². The zero-order valence-corrected chi connectivity index (χ0v) is 14.5. The molecule has 1 amide bonds. The van der Waals surface area contributed by atoms with Gasteiger partial charge in [-0.1, -0.05) is 0 Å². The molecule has 1 aromatic carbocycles. The van der Waals surface area contributed by atoms with Gasteiger partial charge in [0.1, 0.15) is 6.61 Å². The van der Waals surface area contributed by atoms with E-state index < -0.39 is 16.6 Å². The number of hydrogen-bond donors (Lipinski definition) is 1. The Hall–Kier alpha value is -2.31. The van der Waals surface area contributed by atoms with Gasteiger partial charge in [-0.2, -0.15) is 0 Å². The summed E-state index contributed by atoms with van der Waals surface area (Å²) in [6.07, 6.45) is 2.87. The van der Waals surface area contributed by atoms with Gasteiger partial charge in [0.25, 0.3) is 5.69 Å². The zero-order valence-electron chi connectivity index (χ0n) is 14.5. The predicted molar refractivity (Wildman–Crippen MR) is 92.2 cm³/mol. The lowest BCUT2D eigenvalue weighted by atomic mass is 10.1. The first-order valence-electron chi connectivity index (χ1n) is 8.23. The van der Waals surface area contributed by atoms with Gasteiger partial charge in [-0.3, -0.25) is 10.1 Å². The molecule has 1 saturated heterocycles. The number of nitro groups is 1. The molecule has 1 N–H and O–H groups in total. The largest absolute Gasteiger partial charge is 0.445 e. The number of hydrogen-bond acceptors (Lipinski definition) is 5. The van der Waals surface area contributed by atoms with Crippen molar-refractivity contribution in [3.05, 3.63) is 33.9 Å². The topological polar surface area (TPSA) is 84.7 Å². The van der Waals surface area contributed by atoms with Crippen LogP contribution in [-0.2, 0) is 11.3 Å². The van der Waals surface area contributed by atoms with Gasteiger partial charge in [0.15, 0.2) is 0 Å². The van der Waals surface area contributed by atoms with Gasteiger partial charge in [-0.25, -0.2) is 4.79 Å². The van der Waals surface area contributed by atoms with Crippen molar-refractivity contribution in [2.45, 2.75) is 52.2 Å². The van der Waals surface area contributed by atoms with Crippen molar-refractivity contribution in [1.29, 1.82) is 0 Å². The molecule has 2 rings (SSSR count). The summed E-state index contributed by atoms with van der Waals surface area (Å²) in [6.45, 7) is 7.43. The van der Waals surface area contributed by atoms with E-state index in [4.69, 9.17) is 4.74 Å². The summed E-state index contributed by atoms with van der Waals surface area (Å²) in [5.74, 6) is 0. The minimum atomic E-state index is -0.529. The average Bonchev–Trinajstić information content (AvgIpc) is 2.52. The molecule has 0 aromatic heterocycles. The van der Waals surface area contributed by atoms with Gasteiger partial charge in [0.05, 0.1) is 4.92 Å². The summed E-state index contributed by atoms with van der Waals surface area (Å²) in [5, 5.41) is 13.8. The SMILES string of the molecule is CC(C)(C)NC(=O)OCc1cc([N+](=O)[O-])ccc1N1CCCCC1. The van der Waals surface area contributed by atoms with E-state index in [2.05, 4.69) is 10.2 Å². The maximum Gasteiger partial charge on any atom is 0.407 e. The fourth-order valence-electron chi connectivity index (χ4n) is 2.73. The fourth-order valence-corrected chi connectivity index (χ4v) is 2.73. The number of alkyl carbamates (subject to hydrolysis) is 1. The van der Waals surface area contributed by atoms with Crippen molar-refractivity contribution in [3.8, 4) is 0 Å². The zero-order chi connectivity index (χ0) is 17.7. The van der Waals surface area contributed by atoms with E-state index in [0.29, 0.717) is 5.56 Å². The molecule has 1 aliphatic heterocycles. The first-order valence-corrected chi connectivity index (χ1v) is 8.23. The lowest BCUT2D eigenvalue weighted by Crippen LogP contribution is -2.40. The van der Waals surface area contributed by atoms with E-state index in [0.717, 1.165) is 31.6 Å². The molecule has 132 valence electrons. The third-order valence-electron chi connectivity index (χ3n) is 3.81. The van der Waals surface area contributed by atoms with Crippen LogP contribution in [0.3, 0.4) is 0 Å². The number of anilines is 1. The average molecular weight is 335 g/mol. The molecule has 0 radical (unpaired) electrons. The second-order valence-electron chi connectivity index (χ2n) is 7.07. The minimum Gasteiger partial charge on any atom is -0.445 e. The monoisotopic (exact) mass is 335 g/mol. The van der Waals surface area contributed by atoms with Crippen LogP contribution in [0.1, 0.15) is 45.6 Å². The summed E-state index contributed by atoms with van der Waals surface area (Å²) < 4.78 is 5.27. The van der Waals surface area contributed by atoms with Crippen molar-refractivity contribution in [2.24, 2.45) is 0 Å². The highest BCUT2D eigenvalue weighted by atomic mass is 16.6. The number of carbonyl (C=O) groups is 1. The highest BCUT2D eigenvalue weighted by molar-refractivity contribution is 5.68. The maximum atomic E-state index is 11.9. The van der Waals surface area contributed by atoms with Crippen molar-refractivity contribution in [2.75, 3.05) is 18.0 Å². The fraction of sp³-hybridized carbons (Fsp3) is 0.588. The van der Waals surface area contributed by atoms with Crippen molar-refractivity contribution >= 4 is 17.5 Å². The van der Waals surface area contributed by atoms with Crippen LogP contribution in [0.15, 0.2) is 18.2 Å². The van der Waals surface area contributed by atoms with E-state index in [9.17, 15) is 14.9 Å².